The van der Waals surface area contributed by atoms with Gasteiger partial charge in [0.05, 0.1) is 5.75 Å². The molecule has 1 amide bonds. The summed E-state index contributed by atoms with van der Waals surface area (Å²) in [5.41, 5.74) is 0.329. The lowest BCUT2D eigenvalue weighted by atomic mass is 10.3. The summed E-state index contributed by atoms with van der Waals surface area (Å²) in [6.45, 7) is 0. The number of halogens is 3. The maximum atomic E-state index is 13.3. The zero-order valence-corrected chi connectivity index (χ0v) is 11.0. The highest BCUT2D eigenvalue weighted by atomic mass is 32.2. The minimum atomic E-state index is -0.714. The Hall–Kier alpha value is -1.95. The molecule has 0 spiro atoms. The Balaban J connectivity index is 1.92. The second-order valence-corrected chi connectivity index (χ2v) is 4.94. The monoisotopic (exact) mass is 297 g/mol. The fourth-order valence-corrected chi connectivity index (χ4v) is 2.22. The standard InChI is InChI=1S/C14H10F3NOS/c15-9-2-1-3-11(6-9)18-14(19)8-20-13-5-4-10(16)7-12(13)17/h1-7H,8H2,(H,18,19). The van der Waals surface area contributed by atoms with Crippen LogP contribution in [-0.2, 0) is 4.79 Å². The average molecular weight is 297 g/mol. The Bertz CT molecular complexity index is 634. The van der Waals surface area contributed by atoms with Crippen LogP contribution < -0.4 is 5.32 Å². The van der Waals surface area contributed by atoms with Gasteiger partial charge in [0.1, 0.15) is 17.5 Å². The normalized spacial score (nSPS) is 10.3. The molecule has 0 aromatic heterocycles. The topological polar surface area (TPSA) is 29.1 Å². The van der Waals surface area contributed by atoms with Crippen molar-refractivity contribution in [2.45, 2.75) is 4.90 Å². The Labute approximate surface area is 118 Å². The quantitative estimate of drug-likeness (QED) is 0.869. The molecule has 2 rings (SSSR count). The number of rotatable bonds is 4. The minimum absolute atomic E-state index is 0.0565. The summed E-state index contributed by atoms with van der Waals surface area (Å²) in [6, 6.07) is 8.61. The summed E-state index contributed by atoms with van der Waals surface area (Å²) in [7, 11) is 0. The number of carbonyl (C=O) groups is 1. The highest BCUT2D eigenvalue weighted by Gasteiger charge is 2.08. The Morgan fingerprint density at radius 2 is 1.80 bits per heavy atom. The molecular formula is C14H10F3NOS. The molecule has 2 aromatic carbocycles. The number of anilines is 1. The fourth-order valence-electron chi connectivity index (χ4n) is 1.50. The maximum Gasteiger partial charge on any atom is 0.234 e. The molecule has 104 valence electrons. The summed E-state index contributed by atoms with van der Waals surface area (Å²) in [5.74, 6) is -2.30. The number of carbonyl (C=O) groups excluding carboxylic acids is 1. The molecule has 2 aromatic rings. The van der Waals surface area contributed by atoms with Gasteiger partial charge in [0.2, 0.25) is 5.91 Å². The van der Waals surface area contributed by atoms with E-state index in [2.05, 4.69) is 5.32 Å². The molecule has 0 heterocycles. The van der Waals surface area contributed by atoms with Gasteiger partial charge in [0.15, 0.2) is 0 Å². The van der Waals surface area contributed by atoms with Gasteiger partial charge in [-0.1, -0.05) is 6.07 Å². The summed E-state index contributed by atoms with van der Waals surface area (Å²) >= 11 is 0.940. The average Bonchev–Trinajstić information content (AvgIpc) is 2.37. The zero-order chi connectivity index (χ0) is 14.5. The molecule has 6 heteroatoms. The molecule has 0 aliphatic rings. The molecular weight excluding hydrogens is 287 g/mol. The van der Waals surface area contributed by atoms with Crippen molar-refractivity contribution in [2.75, 3.05) is 11.1 Å². The third-order valence-electron chi connectivity index (χ3n) is 2.36. The van der Waals surface area contributed by atoms with Crippen molar-refractivity contribution in [2.24, 2.45) is 0 Å². The molecule has 2 nitrogen and oxygen atoms in total. The van der Waals surface area contributed by atoms with E-state index in [4.69, 9.17) is 0 Å². The molecule has 20 heavy (non-hydrogen) atoms. The van der Waals surface area contributed by atoms with Gasteiger partial charge in [-0.2, -0.15) is 0 Å². The maximum absolute atomic E-state index is 13.3. The zero-order valence-electron chi connectivity index (χ0n) is 10.2. The fraction of sp³-hybridized carbons (Fsp3) is 0.0714. The number of hydrogen-bond donors (Lipinski definition) is 1. The van der Waals surface area contributed by atoms with E-state index in [0.29, 0.717) is 5.69 Å². The minimum Gasteiger partial charge on any atom is -0.325 e. The second-order valence-electron chi connectivity index (χ2n) is 3.92. The number of benzene rings is 2. The van der Waals surface area contributed by atoms with Crippen molar-refractivity contribution in [1.82, 2.24) is 0 Å². The van der Waals surface area contributed by atoms with E-state index in [9.17, 15) is 18.0 Å². The van der Waals surface area contributed by atoms with Crippen molar-refractivity contribution in [3.63, 3.8) is 0 Å². The first-order valence-electron chi connectivity index (χ1n) is 5.68. The summed E-state index contributed by atoms with van der Waals surface area (Å²) in [6.07, 6.45) is 0. The molecule has 0 aliphatic heterocycles. The molecule has 1 N–H and O–H groups in total. The van der Waals surface area contributed by atoms with Crippen LogP contribution in [-0.4, -0.2) is 11.7 Å². The van der Waals surface area contributed by atoms with Gasteiger partial charge in [-0.05, 0) is 30.3 Å². The smallest absolute Gasteiger partial charge is 0.234 e. The van der Waals surface area contributed by atoms with E-state index in [-0.39, 0.29) is 10.6 Å². The van der Waals surface area contributed by atoms with Gasteiger partial charge in [0, 0.05) is 16.6 Å². The van der Waals surface area contributed by atoms with E-state index in [1.165, 1.54) is 24.3 Å². The highest BCUT2D eigenvalue weighted by molar-refractivity contribution is 8.00. The van der Waals surface area contributed by atoms with Crippen LogP contribution in [0.5, 0.6) is 0 Å². The molecule has 0 bridgehead atoms. The molecule has 0 unspecified atom stereocenters. The van der Waals surface area contributed by atoms with Crippen molar-refractivity contribution in [3.05, 3.63) is 59.9 Å². The van der Waals surface area contributed by atoms with Crippen LogP contribution >= 0.6 is 11.8 Å². The Morgan fingerprint density at radius 1 is 1.05 bits per heavy atom. The Morgan fingerprint density at radius 3 is 2.50 bits per heavy atom. The summed E-state index contributed by atoms with van der Waals surface area (Å²) in [5, 5.41) is 2.49. The molecule has 0 aliphatic carbocycles. The van der Waals surface area contributed by atoms with Crippen LogP contribution in [0.15, 0.2) is 47.4 Å². The van der Waals surface area contributed by atoms with Gasteiger partial charge < -0.3 is 5.32 Å². The van der Waals surface area contributed by atoms with Crippen LogP contribution in [0.1, 0.15) is 0 Å². The van der Waals surface area contributed by atoms with Gasteiger partial charge in [-0.3, -0.25) is 4.79 Å². The van der Waals surface area contributed by atoms with Crippen molar-refractivity contribution in [1.29, 1.82) is 0 Å². The summed E-state index contributed by atoms with van der Waals surface area (Å²) in [4.78, 5) is 11.8. The SMILES string of the molecule is O=C(CSc1ccc(F)cc1F)Nc1cccc(F)c1. The lowest BCUT2D eigenvalue weighted by molar-refractivity contribution is -0.113. The van der Waals surface area contributed by atoms with Crippen molar-refractivity contribution >= 4 is 23.4 Å². The van der Waals surface area contributed by atoms with Crippen molar-refractivity contribution in [3.8, 4) is 0 Å². The summed E-state index contributed by atoms with van der Waals surface area (Å²) < 4.78 is 39.0. The Kier molecular flexibility index (Phi) is 4.68. The van der Waals surface area contributed by atoms with Gasteiger partial charge in [-0.15, -0.1) is 11.8 Å². The second kappa shape index (κ2) is 6.47. The predicted molar refractivity (Wildman–Crippen MR) is 72.1 cm³/mol. The number of amides is 1. The number of nitrogens with one attached hydrogen (secondary N) is 1. The van der Waals surface area contributed by atoms with E-state index < -0.39 is 23.4 Å². The largest absolute Gasteiger partial charge is 0.325 e. The van der Waals surface area contributed by atoms with Crippen LogP contribution in [0.4, 0.5) is 18.9 Å². The van der Waals surface area contributed by atoms with Crippen LogP contribution in [0.25, 0.3) is 0 Å². The molecule has 0 saturated heterocycles. The van der Waals surface area contributed by atoms with Gasteiger partial charge >= 0.3 is 0 Å². The molecule has 0 fully saturated rings. The third-order valence-corrected chi connectivity index (χ3v) is 3.41. The third kappa shape index (κ3) is 4.03. The van der Waals surface area contributed by atoms with E-state index in [0.717, 1.165) is 23.9 Å². The van der Waals surface area contributed by atoms with Crippen LogP contribution in [0.3, 0.4) is 0 Å². The van der Waals surface area contributed by atoms with Gasteiger partial charge in [0.25, 0.3) is 0 Å². The molecule has 0 atom stereocenters. The van der Waals surface area contributed by atoms with E-state index in [1.54, 1.807) is 6.07 Å². The molecule has 0 radical (unpaired) electrons. The first kappa shape index (κ1) is 14.5. The predicted octanol–water partition coefficient (Wildman–Crippen LogP) is 3.83. The first-order chi connectivity index (χ1) is 9.54. The lowest BCUT2D eigenvalue weighted by Gasteiger charge is -2.06. The van der Waals surface area contributed by atoms with Crippen LogP contribution in [0, 0.1) is 17.5 Å². The first-order valence-corrected chi connectivity index (χ1v) is 6.66. The number of thioether (sulfide) groups is 1. The number of hydrogen-bond acceptors (Lipinski definition) is 2. The van der Waals surface area contributed by atoms with Crippen molar-refractivity contribution < 1.29 is 18.0 Å². The lowest BCUT2D eigenvalue weighted by Crippen LogP contribution is -2.14. The van der Waals surface area contributed by atoms with Crippen LogP contribution in [0.2, 0.25) is 0 Å². The molecule has 0 saturated carbocycles. The van der Waals surface area contributed by atoms with E-state index >= 15 is 0 Å². The highest BCUT2D eigenvalue weighted by Crippen LogP contribution is 2.22. The van der Waals surface area contributed by atoms with E-state index in [1.807, 2.05) is 0 Å². The van der Waals surface area contributed by atoms with Gasteiger partial charge in [-0.25, -0.2) is 13.2 Å².